The number of hydrogen-bond acceptors (Lipinski definition) is 1. The Kier molecular flexibility index (Phi) is 3.62. The Labute approximate surface area is 101 Å². The Morgan fingerprint density at radius 1 is 1.25 bits per heavy atom. The number of fused-ring (bicyclic) bond motifs is 1. The predicted molar refractivity (Wildman–Crippen MR) is 60.1 cm³/mol. The van der Waals surface area contributed by atoms with E-state index >= 15 is 0 Å². The molecule has 1 N–H and O–H groups in total. The molecule has 16 heavy (non-hydrogen) atoms. The monoisotopic (exact) mass is 294 g/mol. The van der Waals surface area contributed by atoms with Crippen molar-refractivity contribution >= 4 is 22.8 Å². The summed E-state index contributed by atoms with van der Waals surface area (Å²) in [6.07, 6.45) is -4.26. The van der Waals surface area contributed by atoms with Gasteiger partial charge in [-0.25, -0.2) is 0 Å². The highest BCUT2D eigenvalue weighted by Crippen LogP contribution is 2.26. The molecule has 0 bridgehead atoms. The van der Waals surface area contributed by atoms with Gasteiger partial charge in [-0.1, -0.05) is 24.3 Å². The number of halogens is 4. The molecule has 2 rings (SSSR count). The van der Waals surface area contributed by atoms with Crippen LogP contribution in [0.3, 0.4) is 0 Å². The number of amidine groups is 1. The summed E-state index contributed by atoms with van der Waals surface area (Å²) >= 11 is 0. The highest BCUT2D eigenvalue weighted by atomic mass is 79.9. The number of benzene rings is 1. The lowest BCUT2D eigenvalue weighted by Gasteiger charge is -2.19. The Morgan fingerprint density at radius 2 is 1.88 bits per heavy atom. The molecule has 6 heteroatoms. The normalized spacial score (nSPS) is 14.7. The molecule has 0 unspecified atom stereocenters. The largest absolute Gasteiger partial charge is 0.405 e. The highest BCUT2D eigenvalue weighted by Gasteiger charge is 2.35. The number of alkyl halides is 3. The molecule has 0 fully saturated rings. The Morgan fingerprint density at radius 3 is 2.44 bits per heavy atom. The van der Waals surface area contributed by atoms with Crippen LogP contribution < -0.4 is 0 Å². The summed E-state index contributed by atoms with van der Waals surface area (Å²) in [4.78, 5) is 1.03. The molecule has 88 valence electrons. The van der Waals surface area contributed by atoms with Gasteiger partial charge in [-0.3, -0.25) is 5.41 Å². The highest BCUT2D eigenvalue weighted by molar-refractivity contribution is 8.93. The maximum Gasteiger partial charge on any atom is 0.405 e. The summed E-state index contributed by atoms with van der Waals surface area (Å²) in [5.41, 5.74) is 1.38. The van der Waals surface area contributed by atoms with Crippen molar-refractivity contribution < 1.29 is 13.2 Å². The molecule has 0 aromatic heterocycles. The molecule has 0 spiro atoms. The lowest BCUT2D eigenvalue weighted by atomic mass is 10.1. The van der Waals surface area contributed by atoms with Crippen molar-refractivity contribution in [3.8, 4) is 0 Å². The number of rotatable bonds is 1. The molecule has 0 atom stereocenters. The van der Waals surface area contributed by atoms with Crippen molar-refractivity contribution in [3.63, 3.8) is 0 Å². The average Bonchev–Trinajstić information content (AvgIpc) is 2.42. The van der Waals surface area contributed by atoms with Crippen LogP contribution in [0.1, 0.15) is 11.1 Å². The van der Waals surface area contributed by atoms with Gasteiger partial charge in [-0.15, -0.1) is 17.0 Å². The molecule has 0 aliphatic carbocycles. The van der Waals surface area contributed by atoms with Gasteiger partial charge in [-0.05, 0) is 5.56 Å². The van der Waals surface area contributed by atoms with Gasteiger partial charge >= 0.3 is 6.18 Å². The topological polar surface area (TPSA) is 27.1 Å². The second-order valence-electron chi connectivity index (χ2n) is 3.48. The minimum atomic E-state index is -4.26. The van der Waals surface area contributed by atoms with E-state index < -0.39 is 12.7 Å². The molecule has 0 saturated carbocycles. The number of nitrogens with zero attached hydrogens (tertiary/aromatic N) is 1. The minimum Gasteiger partial charge on any atom is -0.343 e. The fourth-order valence-corrected chi connectivity index (χ4v) is 1.70. The van der Waals surface area contributed by atoms with Crippen LogP contribution in [0.5, 0.6) is 0 Å². The van der Waals surface area contributed by atoms with Gasteiger partial charge in [0.15, 0.2) is 0 Å². The van der Waals surface area contributed by atoms with Crippen LogP contribution in [-0.4, -0.2) is 23.5 Å². The van der Waals surface area contributed by atoms with Crippen molar-refractivity contribution in [1.82, 2.24) is 4.90 Å². The van der Waals surface area contributed by atoms with Crippen LogP contribution in [0, 0.1) is 5.41 Å². The summed E-state index contributed by atoms with van der Waals surface area (Å²) in [5, 5.41) is 7.59. The van der Waals surface area contributed by atoms with Crippen LogP contribution in [0.15, 0.2) is 24.3 Å². The number of hydrogen-bond donors (Lipinski definition) is 1. The van der Waals surface area contributed by atoms with E-state index in [0.29, 0.717) is 5.56 Å². The minimum absolute atomic E-state index is 0. The lowest BCUT2D eigenvalue weighted by Crippen LogP contribution is -2.34. The molecule has 1 aliphatic heterocycles. The van der Waals surface area contributed by atoms with Gasteiger partial charge in [0.25, 0.3) is 0 Å². The smallest absolute Gasteiger partial charge is 0.343 e. The van der Waals surface area contributed by atoms with Crippen molar-refractivity contribution in [1.29, 1.82) is 5.41 Å². The van der Waals surface area contributed by atoms with E-state index in [2.05, 4.69) is 0 Å². The second kappa shape index (κ2) is 4.45. The van der Waals surface area contributed by atoms with E-state index in [1.54, 1.807) is 24.3 Å². The van der Waals surface area contributed by atoms with Crippen LogP contribution in [0.2, 0.25) is 0 Å². The van der Waals surface area contributed by atoms with Gasteiger partial charge < -0.3 is 4.90 Å². The van der Waals surface area contributed by atoms with E-state index in [9.17, 15) is 13.2 Å². The summed E-state index contributed by atoms with van der Waals surface area (Å²) in [7, 11) is 0. The zero-order valence-corrected chi connectivity index (χ0v) is 9.93. The first-order valence-electron chi connectivity index (χ1n) is 4.46. The maximum atomic E-state index is 12.2. The summed E-state index contributed by atoms with van der Waals surface area (Å²) in [6, 6.07) is 6.92. The first kappa shape index (κ1) is 13.0. The van der Waals surface area contributed by atoms with Crippen molar-refractivity contribution in [2.45, 2.75) is 12.7 Å². The second-order valence-corrected chi connectivity index (χ2v) is 3.48. The van der Waals surface area contributed by atoms with Gasteiger partial charge in [0.05, 0.1) is 0 Å². The lowest BCUT2D eigenvalue weighted by molar-refractivity contribution is -0.138. The van der Waals surface area contributed by atoms with Crippen LogP contribution >= 0.6 is 17.0 Å². The quantitative estimate of drug-likeness (QED) is 0.847. The van der Waals surface area contributed by atoms with Crippen molar-refractivity contribution in [2.75, 3.05) is 6.54 Å². The third-order valence-electron chi connectivity index (χ3n) is 2.32. The number of nitrogens with one attached hydrogen (secondary N) is 1. The SMILES string of the molecule is Br.N=C1c2ccccc2CN1CC(F)(F)F. The third-order valence-corrected chi connectivity index (χ3v) is 2.32. The summed E-state index contributed by atoms with van der Waals surface area (Å²) in [5.74, 6) is -0.0390. The zero-order chi connectivity index (χ0) is 11.1. The summed E-state index contributed by atoms with van der Waals surface area (Å²) < 4.78 is 36.5. The Balaban J connectivity index is 0.00000128. The van der Waals surface area contributed by atoms with Gasteiger partial charge in [0, 0.05) is 12.1 Å². The van der Waals surface area contributed by atoms with E-state index in [1.165, 1.54) is 0 Å². The first-order chi connectivity index (χ1) is 6.97. The van der Waals surface area contributed by atoms with Gasteiger partial charge in [-0.2, -0.15) is 13.2 Å². The van der Waals surface area contributed by atoms with Gasteiger partial charge in [0.1, 0.15) is 12.4 Å². The Hall–Kier alpha value is -1.04. The van der Waals surface area contributed by atoms with Crippen LogP contribution in [0.25, 0.3) is 0 Å². The Bertz CT molecular complexity index is 403. The van der Waals surface area contributed by atoms with Crippen LogP contribution in [-0.2, 0) is 6.54 Å². The van der Waals surface area contributed by atoms with Crippen molar-refractivity contribution in [3.05, 3.63) is 35.4 Å². The van der Waals surface area contributed by atoms with E-state index in [4.69, 9.17) is 5.41 Å². The van der Waals surface area contributed by atoms with Crippen molar-refractivity contribution in [2.24, 2.45) is 0 Å². The molecule has 1 heterocycles. The molecule has 0 saturated heterocycles. The van der Waals surface area contributed by atoms with Crippen LogP contribution in [0.4, 0.5) is 13.2 Å². The third kappa shape index (κ3) is 2.55. The molecular formula is C10H10BrF3N2. The summed E-state index contributed by atoms with van der Waals surface area (Å²) in [6.45, 7) is -0.880. The first-order valence-corrected chi connectivity index (χ1v) is 4.46. The molecule has 2 nitrogen and oxygen atoms in total. The molecule has 0 amide bonds. The molecule has 1 aliphatic rings. The average molecular weight is 295 g/mol. The van der Waals surface area contributed by atoms with E-state index in [1.807, 2.05) is 0 Å². The standard InChI is InChI=1S/C10H9F3N2.BrH/c11-10(12,13)6-15-5-7-3-1-2-4-8(7)9(15)14;/h1-4,14H,5-6H2;1H. The van der Waals surface area contributed by atoms with Gasteiger partial charge in [0.2, 0.25) is 0 Å². The zero-order valence-electron chi connectivity index (χ0n) is 8.21. The molecule has 1 aromatic carbocycles. The molecular weight excluding hydrogens is 285 g/mol. The van der Waals surface area contributed by atoms with E-state index in [-0.39, 0.29) is 29.4 Å². The maximum absolute atomic E-state index is 12.2. The fourth-order valence-electron chi connectivity index (χ4n) is 1.70. The molecule has 1 aromatic rings. The molecule has 0 radical (unpaired) electrons. The fraction of sp³-hybridized carbons (Fsp3) is 0.300. The van der Waals surface area contributed by atoms with E-state index in [0.717, 1.165) is 10.5 Å². The predicted octanol–water partition coefficient (Wildman–Crippen LogP) is 2.97.